The molecule has 0 radical (unpaired) electrons. The Balaban J connectivity index is 2.39. The van der Waals surface area contributed by atoms with E-state index in [0.29, 0.717) is 0 Å². The number of methoxy groups -OCH3 is 1. The predicted octanol–water partition coefficient (Wildman–Crippen LogP) is -0.786. The standard InChI is InChI=1S/C14H20N4O8/c1-7(19)23-6-11-12(25-9(3)21)10(24-8(2)20)5-14(22-4,26-11)13-15-17-18-16-13/h10-12H,5-6H2,1-4H3,(H,15,16,17,18)/t10-,11-,12+,14+/m1/s1. The average molecular weight is 372 g/mol. The van der Waals surface area contributed by atoms with Gasteiger partial charge in [0, 0.05) is 27.9 Å². The van der Waals surface area contributed by atoms with E-state index in [2.05, 4.69) is 20.6 Å². The van der Waals surface area contributed by atoms with Crippen molar-refractivity contribution in [3.63, 3.8) is 0 Å². The fourth-order valence-electron chi connectivity index (χ4n) is 2.66. The average Bonchev–Trinajstić information content (AvgIpc) is 3.09. The van der Waals surface area contributed by atoms with Gasteiger partial charge in [0.2, 0.25) is 11.6 Å². The first-order valence-electron chi connectivity index (χ1n) is 7.72. The molecule has 12 nitrogen and oxygen atoms in total. The summed E-state index contributed by atoms with van der Waals surface area (Å²) in [4.78, 5) is 34.2. The molecule has 1 saturated heterocycles. The third kappa shape index (κ3) is 4.52. The van der Waals surface area contributed by atoms with E-state index < -0.39 is 42.0 Å². The second kappa shape index (κ2) is 8.19. The van der Waals surface area contributed by atoms with Gasteiger partial charge in [-0.25, -0.2) is 0 Å². The van der Waals surface area contributed by atoms with Gasteiger partial charge in [-0.3, -0.25) is 14.4 Å². The third-order valence-electron chi connectivity index (χ3n) is 3.63. The number of carbonyl (C=O) groups is 3. The van der Waals surface area contributed by atoms with Crippen molar-refractivity contribution in [3.05, 3.63) is 5.82 Å². The summed E-state index contributed by atoms with van der Waals surface area (Å²) in [5.41, 5.74) is 0. The largest absolute Gasteiger partial charge is 0.463 e. The highest BCUT2D eigenvalue weighted by Crippen LogP contribution is 2.39. The van der Waals surface area contributed by atoms with Gasteiger partial charge in [0.05, 0.1) is 6.42 Å². The Labute approximate surface area is 148 Å². The van der Waals surface area contributed by atoms with E-state index in [1.807, 2.05) is 0 Å². The lowest BCUT2D eigenvalue weighted by Crippen LogP contribution is -2.58. The number of tetrazole rings is 1. The molecule has 0 aliphatic carbocycles. The van der Waals surface area contributed by atoms with Crippen LogP contribution < -0.4 is 0 Å². The topological polar surface area (TPSA) is 152 Å². The van der Waals surface area contributed by atoms with Gasteiger partial charge < -0.3 is 23.7 Å². The van der Waals surface area contributed by atoms with Crippen LogP contribution in [-0.2, 0) is 43.9 Å². The maximum atomic E-state index is 11.5. The highest BCUT2D eigenvalue weighted by Gasteiger charge is 2.54. The number of nitrogens with zero attached hydrogens (tertiary/aromatic N) is 3. The van der Waals surface area contributed by atoms with E-state index >= 15 is 0 Å². The van der Waals surface area contributed by atoms with Crippen molar-refractivity contribution in [3.8, 4) is 0 Å². The number of ether oxygens (including phenoxy) is 5. The maximum absolute atomic E-state index is 11.5. The Hall–Kier alpha value is -2.60. The van der Waals surface area contributed by atoms with Crippen LogP contribution in [0.3, 0.4) is 0 Å². The molecule has 2 heterocycles. The van der Waals surface area contributed by atoms with E-state index in [1.54, 1.807) is 0 Å². The Kier molecular flexibility index (Phi) is 6.21. The number of H-pyrrole nitrogens is 1. The molecule has 1 aromatic rings. The molecule has 2 rings (SSSR count). The van der Waals surface area contributed by atoms with Crippen molar-refractivity contribution in [1.29, 1.82) is 0 Å². The smallest absolute Gasteiger partial charge is 0.303 e. The van der Waals surface area contributed by atoms with Crippen LogP contribution in [0, 0.1) is 0 Å². The second-order valence-electron chi connectivity index (χ2n) is 5.58. The molecule has 26 heavy (non-hydrogen) atoms. The SMILES string of the molecule is CO[C@@]1(c2nn[nH]n2)C[C@@H](OC(C)=O)[C@H](OC(C)=O)[C@@H](COC(C)=O)O1. The number of rotatable bonds is 6. The van der Waals surface area contributed by atoms with E-state index in [-0.39, 0.29) is 18.9 Å². The number of nitrogens with one attached hydrogen (secondary N) is 1. The number of esters is 3. The minimum absolute atomic E-state index is 0.0475. The second-order valence-corrected chi connectivity index (χ2v) is 5.58. The normalized spacial score (nSPS) is 28.2. The molecule has 0 aromatic carbocycles. The molecule has 1 aliphatic rings. The fraction of sp³-hybridized carbons (Fsp3) is 0.714. The lowest BCUT2D eigenvalue weighted by molar-refractivity contribution is -0.329. The highest BCUT2D eigenvalue weighted by atomic mass is 16.7. The summed E-state index contributed by atoms with van der Waals surface area (Å²) in [5.74, 6) is -3.28. The molecular weight excluding hydrogens is 352 g/mol. The van der Waals surface area contributed by atoms with Gasteiger partial charge in [0.25, 0.3) is 0 Å². The number of hydrogen-bond donors (Lipinski definition) is 1. The molecule has 4 atom stereocenters. The molecule has 0 spiro atoms. The number of hydrogen-bond acceptors (Lipinski definition) is 11. The molecule has 1 aromatic heterocycles. The Bertz CT molecular complexity index is 651. The minimum Gasteiger partial charge on any atom is -0.463 e. The molecule has 0 unspecified atom stereocenters. The van der Waals surface area contributed by atoms with Crippen LogP contribution in [0.1, 0.15) is 33.0 Å². The predicted molar refractivity (Wildman–Crippen MR) is 80.1 cm³/mol. The molecule has 0 saturated carbocycles. The van der Waals surface area contributed by atoms with Gasteiger partial charge in [0.1, 0.15) is 18.8 Å². The van der Waals surface area contributed by atoms with Crippen LogP contribution in [0.2, 0.25) is 0 Å². The first kappa shape index (κ1) is 19.7. The molecule has 1 fully saturated rings. The zero-order chi connectivity index (χ0) is 19.3. The van der Waals surface area contributed by atoms with Crippen LogP contribution in [0.5, 0.6) is 0 Å². The lowest BCUT2D eigenvalue weighted by atomic mass is 9.94. The van der Waals surface area contributed by atoms with E-state index in [4.69, 9.17) is 23.7 Å². The van der Waals surface area contributed by atoms with Gasteiger partial charge in [-0.1, -0.05) is 0 Å². The Morgan fingerprint density at radius 1 is 1.19 bits per heavy atom. The van der Waals surface area contributed by atoms with Gasteiger partial charge in [-0.2, -0.15) is 5.21 Å². The van der Waals surface area contributed by atoms with E-state index in [9.17, 15) is 14.4 Å². The quantitative estimate of drug-likeness (QED) is 0.494. The molecule has 144 valence electrons. The summed E-state index contributed by atoms with van der Waals surface area (Å²) in [6.45, 7) is 3.36. The summed E-state index contributed by atoms with van der Waals surface area (Å²) in [6.07, 6.45) is -3.05. The zero-order valence-electron chi connectivity index (χ0n) is 14.8. The van der Waals surface area contributed by atoms with Crippen molar-refractivity contribution in [1.82, 2.24) is 20.6 Å². The fourth-order valence-corrected chi connectivity index (χ4v) is 2.66. The molecule has 0 amide bonds. The van der Waals surface area contributed by atoms with Crippen LogP contribution in [0.4, 0.5) is 0 Å². The highest BCUT2D eigenvalue weighted by molar-refractivity contribution is 5.67. The molecule has 1 N–H and O–H groups in total. The Morgan fingerprint density at radius 2 is 1.88 bits per heavy atom. The number of aromatic amines is 1. The molecule has 12 heteroatoms. The van der Waals surface area contributed by atoms with Crippen molar-refractivity contribution in [2.45, 2.75) is 51.3 Å². The molecular formula is C14H20N4O8. The van der Waals surface area contributed by atoms with Gasteiger partial charge >= 0.3 is 17.9 Å². The first-order valence-corrected chi connectivity index (χ1v) is 7.72. The van der Waals surface area contributed by atoms with Crippen LogP contribution in [-0.4, -0.2) is 70.6 Å². The number of carbonyl (C=O) groups excluding carboxylic acids is 3. The summed E-state index contributed by atoms with van der Waals surface area (Å²) >= 11 is 0. The van der Waals surface area contributed by atoms with Crippen molar-refractivity contribution >= 4 is 17.9 Å². The number of aromatic nitrogens is 4. The van der Waals surface area contributed by atoms with Crippen LogP contribution in [0.15, 0.2) is 0 Å². The van der Waals surface area contributed by atoms with Gasteiger partial charge in [-0.05, 0) is 5.21 Å². The minimum atomic E-state index is -1.55. The summed E-state index contributed by atoms with van der Waals surface area (Å²) in [7, 11) is 1.34. The summed E-state index contributed by atoms with van der Waals surface area (Å²) in [5, 5.41) is 13.5. The molecule has 1 aliphatic heterocycles. The van der Waals surface area contributed by atoms with E-state index in [0.717, 1.165) is 0 Å². The van der Waals surface area contributed by atoms with Crippen LogP contribution in [0.25, 0.3) is 0 Å². The lowest BCUT2D eigenvalue weighted by Gasteiger charge is -2.44. The third-order valence-corrected chi connectivity index (χ3v) is 3.63. The zero-order valence-corrected chi connectivity index (χ0v) is 14.8. The van der Waals surface area contributed by atoms with Crippen molar-refractivity contribution in [2.75, 3.05) is 13.7 Å². The van der Waals surface area contributed by atoms with Crippen LogP contribution >= 0.6 is 0 Å². The first-order chi connectivity index (χ1) is 12.3. The Morgan fingerprint density at radius 3 is 2.38 bits per heavy atom. The maximum Gasteiger partial charge on any atom is 0.303 e. The van der Waals surface area contributed by atoms with Gasteiger partial charge in [-0.15, -0.1) is 10.2 Å². The van der Waals surface area contributed by atoms with E-state index in [1.165, 1.54) is 27.9 Å². The summed E-state index contributed by atoms with van der Waals surface area (Å²) < 4.78 is 26.9. The summed E-state index contributed by atoms with van der Waals surface area (Å²) in [6, 6.07) is 0. The van der Waals surface area contributed by atoms with Gasteiger partial charge in [0.15, 0.2) is 6.10 Å². The van der Waals surface area contributed by atoms with Crippen molar-refractivity contribution < 1.29 is 38.1 Å². The van der Waals surface area contributed by atoms with Crippen molar-refractivity contribution in [2.24, 2.45) is 0 Å². The monoisotopic (exact) mass is 372 g/mol. The molecule has 0 bridgehead atoms.